The molecule has 0 bridgehead atoms. The van der Waals surface area contributed by atoms with Crippen molar-refractivity contribution >= 4 is 17.3 Å². The molecule has 4 rings (SSSR count). The normalized spacial score (nSPS) is 10.9. The lowest BCUT2D eigenvalue weighted by atomic mass is 10.2. The van der Waals surface area contributed by atoms with Crippen LogP contribution in [-0.2, 0) is 22.7 Å². The summed E-state index contributed by atoms with van der Waals surface area (Å²) < 4.78 is 28.9. The molecule has 28 heavy (non-hydrogen) atoms. The molecule has 0 fully saturated rings. The van der Waals surface area contributed by atoms with Crippen molar-refractivity contribution in [1.29, 1.82) is 0 Å². The Labute approximate surface area is 160 Å². The molecule has 142 valence electrons. The molecule has 0 unspecified atom stereocenters. The summed E-state index contributed by atoms with van der Waals surface area (Å²) in [6.45, 7) is -0.676. The minimum atomic E-state index is -0.837. The van der Waals surface area contributed by atoms with Crippen LogP contribution < -0.4 is 5.76 Å². The highest BCUT2D eigenvalue weighted by Crippen LogP contribution is 2.22. The number of benzene rings is 1. The van der Waals surface area contributed by atoms with Crippen molar-refractivity contribution in [2.45, 2.75) is 13.2 Å². The average molecular weight is 402 g/mol. The van der Waals surface area contributed by atoms with Gasteiger partial charge in [-0.05, 0) is 35.7 Å². The number of hydrogen-bond acceptors (Lipinski definition) is 9. The molecular weight excluding hydrogens is 391 g/mol. The van der Waals surface area contributed by atoms with Gasteiger partial charge < -0.3 is 13.7 Å². The minimum Gasteiger partial charge on any atom is -0.456 e. The number of aromatic nitrogens is 4. The summed E-state index contributed by atoms with van der Waals surface area (Å²) in [4.78, 5) is 28.7. The second-order valence-corrected chi connectivity index (χ2v) is 6.44. The molecular formula is C17H11FN4O5S. The maximum Gasteiger partial charge on any atom is 0.437 e. The molecule has 3 heterocycles. The van der Waals surface area contributed by atoms with Crippen LogP contribution in [0.1, 0.15) is 5.82 Å². The van der Waals surface area contributed by atoms with E-state index in [2.05, 4.69) is 15.2 Å². The number of rotatable bonds is 6. The van der Waals surface area contributed by atoms with E-state index >= 15 is 0 Å². The highest BCUT2D eigenvalue weighted by Gasteiger charge is 2.16. The summed E-state index contributed by atoms with van der Waals surface area (Å²) in [6.07, 6.45) is 0. The van der Waals surface area contributed by atoms with Crippen molar-refractivity contribution in [3.63, 3.8) is 0 Å². The SMILES string of the molecule is O=C(Cn1nc(-c2ccc(F)cc2)oc1=O)OCc1noc(-c2cccs2)n1. The second kappa shape index (κ2) is 7.56. The van der Waals surface area contributed by atoms with Gasteiger partial charge in [-0.1, -0.05) is 11.2 Å². The molecule has 0 N–H and O–H groups in total. The van der Waals surface area contributed by atoms with Crippen molar-refractivity contribution in [2.75, 3.05) is 0 Å². The highest BCUT2D eigenvalue weighted by atomic mass is 32.1. The van der Waals surface area contributed by atoms with Crippen LogP contribution in [0.3, 0.4) is 0 Å². The van der Waals surface area contributed by atoms with Crippen LogP contribution in [0.4, 0.5) is 4.39 Å². The predicted octanol–water partition coefficient (Wildman–Crippen LogP) is 2.50. The molecule has 0 spiro atoms. The summed E-state index contributed by atoms with van der Waals surface area (Å²) in [7, 11) is 0. The van der Waals surface area contributed by atoms with Crippen LogP contribution in [0.5, 0.6) is 0 Å². The van der Waals surface area contributed by atoms with Gasteiger partial charge in [0.1, 0.15) is 12.4 Å². The molecule has 0 radical (unpaired) electrons. The van der Waals surface area contributed by atoms with Gasteiger partial charge in [0.05, 0.1) is 4.88 Å². The van der Waals surface area contributed by atoms with E-state index in [0.717, 1.165) is 9.56 Å². The second-order valence-electron chi connectivity index (χ2n) is 5.49. The number of carbonyl (C=O) groups excluding carboxylic acids is 1. The van der Waals surface area contributed by atoms with Gasteiger partial charge in [-0.15, -0.1) is 16.4 Å². The zero-order valence-electron chi connectivity index (χ0n) is 14.1. The molecule has 0 aliphatic heterocycles. The molecule has 4 aromatic rings. The highest BCUT2D eigenvalue weighted by molar-refractivity contribution is 7.13. The van der Waals surface area contributed by atoms with Gasteiger partial charge in [-0.25, -0.2) is 9.18 Å². The first-order valence-corrected chi connectivity index (χ1v) is 8.82. The molecule has 0 aliphatic carbocycles. The van der Waals surface area contributed by atoms with Crippen LogP contribution >= 0.6 is 11.3 Å². The van der Waals surface area contributed by atoms with Crippen molar-refractivity contribution < 1.29 is 22.9 Å². The molecule has 11 heteroatoms. The van der Waals surface area contributed by atoms with Crippen LogP contribution in [0.25, 0.3) is 22.2 Å². The molecule has 0 saturated heterocycles. The van der Waals surface area contributed by atoms with E-state index in [-0.39, 0.29) is 18.3 Å². The topological polar surface area (TPSA) is 113 Å². The van der Waals surface area contributed by atoms with Gasteiger partial charge in [0.25, 0.3) is 5.89 Å². The third-order valence-electron chi connectivity index (χ3n) is 3.54. The monoisotopic (exact) mass is 402 g/mol. The quantitative estimate of drug-likeness (QED) is 0.452. The van der Waals surface area contributed by atoms with E-state index in [1.54, 1.807) is 0 Å². The van der Waals surface area contributed by atoms with Gasteiger partial charge in [0, 0.05) is 5.56 Å². The van der Waals surface area contributed by atoms with Crippen molar-refractivity contribution in [3.05, 3.63) is 64.0 Å². The number of ether oxygens (including phenoxy) is 1. The maximum atomic E-state index is 13.0. The first-order chi connectivity index (χ1) is 13.6. The molecule has 0 amide bonds. The fourth-order valence-corrected chi connectivity index (χ4v) is 2.89. The first kappa shape index (κ1) is 17.8. The van der Waals surface area contributed by atoms with Gasteiger partial charge in [-0.2, -0.15) is 9.67 Å². The van der Waals surface area contributed by atoms with Crippen molar-refractivity contribution in [3.8, 4) is 22.2 Å². The molecule has 0 saturated carbocycles. The van der Waals surface area contributed by atoms with Gasteiger partial charge in [0.2, 0.25) is 11.7 Å². The molecule has 0 aliphatic rings. The number of nitrogens with zero attached hydrogens (tertiary/aromatic N) is 4. The summed E-state index contributed by atoms with van der Waals surface area (Å²) in [5, 5.41) is 9.51. The molecule has 9 nitrogen and oxygen atoms in total. The average Bonchev–Trinajstić information content (AvgIpc) is 3.42. The Morgan fingerprint density at radius 2 is 2.04 bits per heavy atom. The number of hydrogen-bond donors (Lipinski definition) is 0. The number of carbonyl (C=O) groups is 1. The predicted molar refractivity (Wildman–Crippen MR) is 93.6 cm³/mol. The third-order valence-corrected chi connectivity index (χ3v) is 4.40. The van der Waals surface area contributed by atoms with E-state index in [0.29, 0.717) is 11.5 Å². The lowest BCUT2D eigenvalue weighted by molar-refractivity contribution is -0.146. The zero-order chi connectivity index (χ0) is 19.5. The Bertz CT molecular complexity index is 1150. The largest absolute Gasteiger partial charge is 0.456 e. The summed E-state index contributed by atoms with van der Waals surface area (Å²) in [5.41, 5.74) is 0.401. The third kappa shape index (κ3) is 3.88. The lowest BCUT2D eigenvalue weighted by Crippen LogP contribution is -2.23. The maximum absolute atomic E-state index is 13.0. The Morgan fingerprint density at radius 1 is 1.21 bits per heavy atom. The van der Waals surface area contributed by atoms with E-state index in [1.165, 1.54) is 35.6 Å². The van der Waals surface area contributed by atoms with Gasteiger partial charge >= 0.3 is 11.7 Å². The Morgan fingerprint density at radius 3 is 2.79 bits per heavy atom. The van der Waals surface area contributed by atoms with E-state index in [4.69, 9.17) is 13.7 Å². The molecule has 3 aromatic heterocycles. The van der Waals surface area contributed by atoms with Crippen LogP contribution in [0, 0.1) is 5.82 Å². The molecule has 1 aromatic carbocycles. The summed E-state index contributed by atoms with van der Waals surface area (Å²) in [6, 6.07) is 8.90. The Hall–Kier alpha value is -3.60. The van der Waals surface area contributed by atoms with E-state index in [9.17, 15) is 14.0 Å². The van der Waals surface area contributed by atoms with Crippen LogP contribution in [0.15, 0.2) is 55.5 Å². The lowest BCUT2D eigenvalue weighted by Gasteiger charge is -2.00. The van der Waals surface area contributed by atoms with Crippen molar-refractivity contribution in [1.82, 2.24) is 19.9 Å². The van der Waals surface area contributed by atoms with Crippen molar-refractivity contribution in [2.24, 2.45) is 0 Å². The fraction of sp³-hybridized carbons (Fsp3) is 0.118. The summed E-state index contributed by atoms with van der Waals surface area (Å²) in [5.74, 6) is -1.51. The standard InChI is InChI=1S/C17H11FN4O5S/c18-11-5-3-10(4-6-11)15-20-22(17(24)26-15)8-14(23)25-9-13-19-16(27-21-13)12-2-1-7-28-12/h1-7H,8-9H2. The van der Waals surface area contributed by atoms with Gasteiger partial charge in [0.15, 0.2) is 6.61 Å². The zero-order valence-corrected chi connectivity index (χ0v) is 14.9. The summed E-state index contributed by atoms with van der Waals surface area (Å²) >= 11 is 1.44. The first-order valence-electron chi connectivity index (χ1n) is 7.94. The smallest absolute Gasteiger partial charge is 0.437 e. The van der Waals surface area contributed by atoms with Gasteiger partial charge in [-0.3, -0.25) is 4.79 Å². The Kier molecular flexibility index (Phi) is 4.81. The van der Waals surface area contributed by atoms with E-state index in [1.807, 2.05) is 17.5 Å². The number of thiophene rings is 1. The van der Waals surface area contributed by atoms with Crippen LogP contribution in [0.2, 0.25) is 0 Å². The fourth-order valence-electron chi connectivity index (χ4n) is 2.24. The molecule has 0 atom stereocenters. The number of esters is 1. The van der Waals surface area contributed by atoms with Crippen LogP contribution in [-0.4, -0.2) is 25.9 Å². The van der Waals surface area contributed by atoms with E-state index < -0.39 is 24.1 Å². The Balaban J connectivity index is 1.38. The number of halogens is 1. The minimum absolute atomic E-state index is 0.0310.